The van der Waals surface area contributed by atoms with Crippen LogP contribution >= 0.6 is 0 Å². The van der Waals surface area contributed by atoms with Crippen molar-refractivity contribution in [2.45, 2.75) is 50.9 Å². The van der Waals surface area contributed by atoms with Gasteiger partial charge in [-0.05, 0) is 31.7 Å². The summed E-state index contributed by atoms with van der Waals surface area (Å²) in [4.78, 5) is 37.7. The van der Waals surface area contributed by atoms with E-state index in [4.69, 9.17) is 9.15 Å². The lowest BCUT2D eigenvalue weighted by atomic mass is 9.39. The van der Waals surface area contributed by atoms with Crippen LogP contribution < -0.4 is 25.7 Å². The highest BCUT2D eigenvalue weighted by atomic mass is 19.4. The molecule has 13 heteroatoms. The maximum Gasteiger partial charge on any atom is 0.394 e. The number of methoxy groups -OCH3 is 1. The second-order valence-corrected chi connectivity index (χ2v) is 10.7. The van der Waals surface area contributed by atoms with Crippen molar-refractivity contribution in [2.24, 2.45) is 5.41 Å². The average molecular weight is 547 g/mol. The van der Waals surface area contributed by atoms with Gasteiger partial charge in [-0.25, -0.2) is 4.98 Å². The highest BCUT2D eigenvalue weighted by molar-refractivity contribution is 5.83. The summed E-state index contributed by atoms with van der Waals surface area (Å²) >= 11 is 0. The summed E-state index contributed by atoms with van der Waals surface area (Å²) in [6.45, 7) is 4.29. The van der Waals surface area contributed by atoms with Crippen molar-refractivity contribution in [1.82, 2.24) is 25.2 Å². The van der Waals surface area contributed by atoms with Gasteiger partial charge in [0.05, 0.1) is 12.5 Å². The van der Waals surface area contributed by atoms with Gasteiger partial charge in [-0.2, -0.15) is 18.2 Å². The molecule has 10 nitrogen and oxygen atoms in total. The number of carbonyl (C=O) groups is 1. The zero-order valence-electron chi connectivity index (χ0n) is 21.7. The van der Waals surface area contributed by atoms with Gasteiger partial charge in [0.15, 0.2) is 5.65 Å². The number of rotatable bonds is 7. The molecule has 3 aliphatic carbocycles. The van der Waals surface area contributed by atoms with Gasteiger partial charge in [-0.3, -0.25) is 9.59 Å². The smallest absolute Gasteiger partial charge is 0.394 e. The molecule has 2 N–H and O–H groups in total. The van der Waals surface area contributed by atoms with E-state index in [-0.39, 0.29) is 48.4 Å². The van der Waals surface area contributed by atoms with Crippen molar-refractivity contribution in [1.29, 1.82) is 0 Å². The molecule has 3 saturated carbocycles. The minimum Gasteiger partial charge on any atom is -0.481 e. The van der Waals surface area contributed by atoms with Crippen LogP contribution in [0, 0.1) is 5.41 Å². The van der Waals surface area contributed by atoms with Gasteiger partial charge < -0.3 is 29.3 Å². The second kappa shape index (κ2) is 8.97. The Kier molecular flexibility index (Phi) is 5.90. The zero-order chi connectivity index (χ0) is 27.6. The van der Waals surface area contributed by atoms with Crippen molar-refractivity contribution in [2.75, 3.05) is 38.2 Å². The van der Waals surface area contributed by atoms with Gasteiger partial charge in [-0.15, -0.1) is 0 Å². The molecule has 208 valence electrons. The third-order valence-corrected chi connectivity index (χ3v) is 8.18. The summed E-state index contributed by atoms with van der Waals surface area (Å²) in [5, 5.41) is 6.11. The molecular formula is C26H29F3N6O4. The molecule has 1 amide bonds. The fourth-order valence-corrected chi connectivity index (χ4v) is 6.36. The van der Waals surface area contributed by atoms with Crippen molar-refractivity contribution >= 4 is 22.8 Å². The summed E-state index contributed by atoms with van der Waals surface area (Å²) in [5.41, 5.74) is -0.949. The van der Waals surface area contributed by atoms with Gasteiger partial charge >= 0.3 is 6.18 Å². The maximum absolute atomic E-state index is 13.8. The molecule has 0 aromatic carbocycles. The first-order valence-electron chi connectivity index (χ1n) is 13.0. The van der Waals surface area contributed by atoms with Crippen molar-refractivity contribution < 1.29 is 27.1 Å². The van der Waals surface area contributed by atoms with E-state index in [2.05, 4.69) is 20.6 Å². The van der Waals surface area contributed by atoms with E-state index in [0.717, 1.165) is 0 Å². The van der Waals surface area contributed by atoms with E-state index in [0.29, 0.717) is 55.4 Å². The van der Waals surface area contributed by atoms with Crippen LogP contribution in [-0.4, -0.2) is 65.4 Å². The van der Waals surface area contributed by atoms with Crippen LogP contribution in [0.3, 0.4) is 0 Å². The van der Waals surface area contributed by atoms with Crippen molar-refractivity contribution in [3.8, 4) is 17.3 Å². The lowest BCUT2D eigenvalue weighted by molar-refractivity contribution is -0.337. The standard InChI is InChI=1S/C26H29F3N6O4/c1-3-16-19(34-8-6-30-7-9-34)20(37)21-22(32-23(39-21)15-4-5-31-18(10-15)38-2)35(16)11-17(36)33-25-12-24(13-25,14-25)26(27,28)29/h4-5,10,30H,3,6-9,11-14H2,1-2H3,(H,33,36). The lowest BCUT2D eigenvalue weighted by Gasteiger charge is -2.70. The summed E-state index contributed by atoms with van der Waals surface area (Å²) < 4.78 is 52.8. The number of piperazine rings is 1. The number of hydrogen-bond donors (Lipinski definition) is 2. The molecule has 4 fully saturated rings. The molecule has 1 aliphatic heterocycles. The van der Waals surface area contributed by atoms with E-state index in [1.807, 2.05) is 11.8 Å². The van der Waals surface area contributed by atoms with Crippen LogP contribution in [0.5, 0.6) is 5.88 Å². The number of hydrogen-bond acceptors (Lipinski definition) is 8. The molecule has 3 aromatic rings. The van der Waals surface area contributed by atoms with Gasteiger partial charge in [0.2, 0.25) is 28.7 Å². The number of amides is 1. The van der Waals surface area contributed by atoms with Crippen molar-refractivity contribution in [3.63, 3.8) is 0 Å². The summed E-state index contributed by atoms with van der Waals surface area (Å²) in [6.07, 6.45) is -2.59. The number of alkyl halides is 3. The van der Waals surface area contributed by atoms with Crippen LogP contribution in [0.1, 0.15) is 31.9 Å². The minimum absolute atomic E-state index is 0.0147. The third kappa shape index (κ3) is 4.05. The fraction of sp³-hybridized carbons (Fsp3) is 0.538. The SMILES string of the molecule is CCc1c(N2CCNCC2)c(=O)c2oc(-c3ccnc(OC)c3)nc2n1CC(=O)NC12CC(C(F)(F)F)(C1)C2. The normalized spacial score (nSPS) is 24.3. The number of carbonyl (C=O) groups excluding carboxylic acids is 1. The topological polar surface area (TPSA) is 115 Å². The number of aromatic nitrogens is 3. The average Bonchev–Trinajstić information content (AvgIpc) is 3.32. The Morgan fingerprint density at radius 2 is 1.97 bits per heavy atom. The number of fused-ring (bicyclic) bond motifs is 1. The molecule has 0 unspecified atom stereocenters. The van der Waals surface area contributed by atoms with Gasteiger partial charge in [-0.1, -0.05) is 6.92 Å². The quantitative estimate of drug-likeness (QED) is 0.465. The molecule has 39 heavy (non-hydrogen) atoms. The Balaban J connectivity index is 1.40. The number of pyridine rings is 2. The van der Waals surface area contributed by atoms with E-state index in [1.165, 1.54) is 13.3 Å². The molecule has 4 heterocycles. The molecule has 7 rings (SSSR count). The molecular weight excluding hydrogens is 517 g/mol. The number of nitrogens with one attached hydrogen (secondary N) is 2. The van der Waals surface area contributed by atoms with Crippen LogP contribution in [-0.2, 0) is 17.8 Å². The molecule has 2 bridgehead atoms. The van der Waals surface area contributed by atoms with E-state index in [1.54, 1.807) is 16.7 Å². The van der Waals surface area contributed by atoms with Gasteiger partial charge in [0.1, 0.15) is 12.2 Å². The monoisotopic (exact) mass is 546 g/mol. The van der Waals surface area contributed by atoms with E-state index in [9.17, 15) is 22.8 Å². The molecule has 4 aliphatic rings. The number of halogens is 3. The number of ether oxygens (including phenoxy) is 1. The van der Waals surface area contributed by atoms with E-state index < -0.39 is 23.0 Å². The maximum atomic E-state index is 13.8. The number of nitrogens with zero attached hydrogens (tertiary/aromatic N) is 4. The van der Waals surface area contributed by atoms with Crippen LogP contribution in [0.4, 0.5) is 18.9 Å². The predicted octanol–water partition coefficient (Wildman–Crippen LogP) is 2.63. The number of oxazole rings is 1. The Morgan fingerprint density at radius 3 is 2.62 bits per heavy atom. The van der Waals surface area contributed by atoms with Gasteiger partial charge in [0, 0.05) is 55.2 Å². The minimum atomic E-state index is -4.26. The van der Waals surface area contributed by atoms with Crippen LogP contribution in [0.2, 0.25) is 0 Å². The Labute approximate surface area is 221 Å². The largest absolute Gasteiger partial charge is 0.481 e. The molecule has 3 aromatic heterocycles. The Bertz CT molecular complexity index is 1490. The molecule has 1 saturated heterocycles. The Hall–Kier alpha value is -3.61. The van der Waals surface area contributed by atoms with Crippen LogP contribution in [0.15, 0.2) is 27.5 Å². The fourth-order valence-electron chi connectivity index (χ4n) is 6.36. The zero-order valence-corrected chi connectivity index (χ0v) is 21.7. The lowest BCUT2D eigenvalue weighted by Crippen LogP contribution is -2.78. The summed E-state index contributed by atoms with van der Waals surface area (Å²) in [5.74, 6) is 0.0878. The second-order valence-electron chi connectivity index (χ2n) is 10.7. The third-order valence-electron chi connectivity index (χ3n) is 8.18. The summed E-state index contributed by atoms with van der Waals surface area (Å²) in [6, 6.07) is 3.30. The van der Waals surface area contributed by atoms with Gasteiger partial charge in [0.25, 0.3) is 0 Å². The van der Waals surface area contributed by atoms with E-state index >= 15 is 0 Å². The highest BCUT2D eigenvalue weighted by Crippen LogP contribution is 2.73. The first-order chi connectivity index (χ1) is 18.6. The molecule has 0 atom stereocenters. The highest BCUT2D eigenvalue weighted by Gasteiger charge is 2.78. The van der Waals surface area contributed by atoms with Crippen molar-refractivity contribution in [3.05, 3.63) is 34.2 Å². The number of anilines is 1. The first-order valence-corrected chi connectivity index (χ1v) is 13.0. The first kappa shape index (κ1) is 25.7. The predicted molar refractivity (Wildman–Crippen MR) is 136 cm³/mol. The Morgan fingerprint density at radius 1 is 1.26 bits per heavy atom. The molecule has 0 spiro atoms. The van der Waals surface area contributed by atoms with Crippen LogP contribution in [0.25, 0.3) is 22.7 Å². The molecule has 0 radical (unpaired) electrons. The summed E-state index contributed by atoms with van der Waals surface area (Å²) in [7, 11) is 1.48.